The molecular formula is C32H47NO7. The van der Waals surface area contributed by atoms with Crippen molar-refractivity contribution in [3.63, 3.8) is 0 Å². The van der Waals surface area contributed by atoms with Crippen LogP contribution in [0.2, 0.25) is 0 Å². The van der Waals surface area contributed by atoms with Gasteiger partial charge in [-0.25, -0.2) is 4.79 Å². The summed E-state index contributed by atoms with van der Waals surface area (Å²) in [6.45, 7) is 12.5. The summed E-state index contributed by atoms with van der Waals surface area (Å²) in [5.74, 6) is 0.535. The van der Waals surface area contributed by atoms with E-state index in [9.17, 15) is 20.1 Å². The predicted octanol–water partition coefficient (Wildman–Crippen LogP) is 3.94. The predicted molar refractivity (Wildman–Crippen MR) is 153 cm³/mol. The Hall–Kier alpha value is -2.23. The Morgan fingerprint density at radius 3 is 2.23 bits per heavy atom. The zero-order valence-electron chi connectivity index (χ0n) is 24.6. The van der Waals surface area contributed by atoms with Crippen molar-refractivity contribution in [1.82, 2.24) is 4.90 Å². The van der Waals surface area contributed by atoms with Crippen LogP contribution >= 0.6 is 0 Å². The summed E-state index contributed by atoms with van der Waals surface area (Å²) >= 11 is 0. The Balaban J connectivity index is 1.63. The quantitative estimate of drug-likeness (QED) is 0.293. The third-order valence-electron chi connectivity index (χ3n) is 8.42. The summed E-state index contributed by atoms with van der Waals surface area (Å²) in [5.41, 5.74) is 4.23. The maximum absolute atomic E-state index is 13.4. The van der Waals surface area contributed by atoms with E-state index < -0.39 is 30.7 Å². The fourth-order valence-electron chi connectivity index (χ4n) is 6.07. The number of hydrogen-bond acceptors (Lipinski definition) is 8. The number of aliphatic hydroxyl groups is 3. The van der Waals surface area contributed by atoms with Crippen molar-refractivity contribution in [3.05, 3.63) is 52.1 Å². The number of rotatable bonds is 10. The second-order valence-electron chi connectivity index (χ2n) is 12.0. The number of carbonyl (C=O) groups excluding carboxylic acids is 1. The van der Waals surface area contributed by atoms with E-state index in [2.05, 4.69) is 17.1 Å². The third-order valence-corrected chi connectivity index (χ3v) is 8.42. The second kappa shape index (κ2) is 13.6. The minimum atomic E-state index is -1.43. The molecule has 3 heterocycles. The van der Waals surface area contributed by atoms with Gasteiger partial charge in [0.15, 0.2) is 0 Å². The molecule has 0 aliphatic carbocycles. The van der Waals surface area contributed by atoms with Crippen LogP contribution in [0.15, 0.2) is 35.4 Å². The molecule has 0 saturated carbocycles. The van der Waals surface area contributed by atoms with Crippen LogP contribution in [0.1, 0.15) is 81.8 Å². The fourth-order valence-corrected chi connectivity index (χ4v) is 6.07. The standard InChI is InChI=1S/C32H47NO7/c1-6-26-27(34)28(35)29(36)32(39-26)40-30-21(11-9-19(2)3)16-24(17-22(30)12-10-20(4)5)31(37)38-18-23-13-15-33-14-7-8-25(23)33/h9-10,16-17,23,25-29,32,34-36H,6-8,11-15,18H2,1-5H3. The molecule has 0 spiro atoms. The van der Waals surface area contributed by atoms with Gasteiger partial charge < -0.3 is 29.5 Å². The highest BCUT2D eigenvalue weighted by molar-refractivity contribution is 5.90. The number of nitrogens with zero attached hydrogens (tertiary/aromatic N) is 1. The highest BCUT2D eigenvalue weighted by Crippen LogP contribution is 2.35. The Morgan fingerprint density at radius 2 is 1.62 bits per heavy atom. The molecule has 0 aromatic heterocycles. The zero-order chi connectivity index (χ0) is 29.0. The maximum atomic E-state index is 13.4. The lowest BCUT2D eigenvalue weighted by atomic mass is 9.96. The molecular weight excluding hydrogens is 510 g/mol. The number of benzene rings is 1. The summed E-state index contributed by atoms with van der Waals surface area (Å²) in [6, 6.07) is 4.13. The maximum Gasteiger partial charge on any atom is 0.338 e. The number of esters is 1. The van der Waals surface area contributed by atoms with Gasteiger partial charge in [-0.1, -0.05) is 30.2 Å². The Morgan fingerprint density at radius 1 is 0.975 bits per heavy atom. The second-order valence-corrected chi connectivity index (χ2v) is 12.0. The van der Waals surface area contributed by atoms with E-state index in [4.69, 9.17) is 14.2 Å². The van der Waals surface area contributed by atoms with Gasteiger partial charge in [-0.15, -0.1) is 0 Å². The van der Waals surface area contributed by atoms with E-state index in [1.807, 2.05) is 34.6 Å². The molecule has 0 radical (unpaired) electrons. The van der Waals surface area contributed by atoms with E-state index in [1.54, 1.807) is 12.1 Å². The fraction of sp³-hybridized carbons (Fsp3) is 0.656. The van der Waals surface area contributed by atoms with Crippen LogP contribution in [0.4, 0.5) is 0 Å². The van der Waals surface area contributed by atoms with Crippen LogP contribution in [-0.4, -0.2) is 82.6 Å². The Bertz CT molecular complexity index is 1050. The molecule has 4 rings (SSSR count). The van der Waals surface area contributed by atoms with Gasteiger partial charge in [-0.2, -0.15) is 0 Å². The summed E-state index contributed by atoms with van der Waals surface area (Å²) in [4.78, 5) is 15.9. The van der Waals surface area contributed by atoms with E-state index >= 15 is 0 Å². The largest absolute Gasteiger partial charge is 0.462 e. The van der Waals surface area contributed by atoms with E-state index in [0.717, 1.165) is 41.8 Å². The smallest absolute Gasteiger partial charge is 0.338 e. The first-order valence-corrected chi connectivity index (χ1v) is 14.8. The monoisotopic (exact) mass is 557 g/mol. The third kappa shape index (κ3) is 7.15. The molecule has 8 nitrogen and oxygen atoms in total. The van der Waals surface area contributed by atoms with Crippen molar-refractivity contribution in [1.29, 1.82) is 0 Å². The van der Waals surface area contributed by atoms with Gasteiger partial charge in [0.1, 0.15) is 24.1 Å². The highest BCUT2D eigenvalue weighted by atomic mass is 16.7. The van der Waals surface area contributed by atoms with E-state index in [-0.39, 0.29) is 5.97 Å². The first kappa shape index (κ1) is 30.7. The lowest BCUT2D eigenvalue weighted by Gasteiger charge is -2.40. The van der Waals surface area contributed by atoms with E-state index in [0.29, 0.717) is 49.1 Å². The molecule has 0 amide bonds. The molecule has 7 atom stereocenters. The number of ether oxygens (including phenoxy) is 3. The molecule has 222 valence electrons. The van der Waals surface area contributed by atoms with Crippen molar-refractivity contribution >= 4 is 5.97 Å². The summed E-state index contributed by atoms with van der Waals surface area (Å²) in [6.07, 6.45) is 3.14. The van der Waals surface area contributed by atoms with Crippen molar-refractivity contribution in [2.24, 2.45) is 5.92 Å². The van der Waals surface area contributed by atoms with Gasteiger partial charge in [0, 0.05) is 12.0 Å². The van der Waals surface area contributed by atoms with Crippen LogP contribution in [0.5, 0.6) is 5.75 Å². The molecule has 3 aliphatic heterocycles. The number of aliphatic hydroxyl groups excluding tert-OH is 3. The molecule has 0 bridgehead atoms. The highest BCUT2D eigenvalue weighted by Gasteiger charge is 2.44. The van der Waals surface area contributed by atoms with Crippen LogP contribution < -0.4 is 4.74 Å². The molecule has 3 saturated heterocycles. The van der Waals surface area contributed by atoms with Gasteiger partial charge in [0.2, 0.25) is 6.29 Å². The van der Waals surface area contributed by atoms with Crippen LogP contribution in [0, 0.1) is 5.92 Å². The number of hydrogen-bond donors (Lipinski definition) is 3. The van der Waals surface area contributed by atoms with Crippen molar-refractivity contribution in [3.8, 4) is 5.75 Å². The Labute approximate surface area is 238 Å². The Kier molecular flexibility index (Phi) is 10.5. The lowest BCUT2D eigenvalue weighted by Crippen LogP contribution is -2.59. The molecule has 3 N–H and O–H groups in total. The average molecular weight is 558 g/mol. The van der Waals surface area contributed by atoms with Gasteiger partial charge >= 0.3 is 5.97 Å². The molecule has 40 heavy (non-hydrogen) atoms. The molecule has 7 unspecified atom stereocenters. The van der Waals surface area contributed by atoms with Crippen LogP contribution in [0.25, 0.3) is 0 Å². The average Bonchev–Trinajstić information content (AvgIpc) is 3.54. The molecule has 3 fully saturated rings. The summed E-state index contributed by atoms with van der Waals surface area (Å²) in [5, 5.41) is 31.5. The SMILES string of the molecule is CCC1OC(Oc2c(CC=C(C)C)cc(C(=O)OCC3CCN4CCCC34)cc2CC=C(C)C)C(O)C(O)C1O. The minimum absolute atomic E-state index is 0.349. The van der Waals surface area contributed by atoms with E-state index in [1.165, 1.54) is 12.8 Å². The number of fused-ring (bicyclic) bond motifs is 1. The normalized spacial score (nSPS) is 30.1. The zero-order valence-corrected chi connectivity index (χ0v) is 24.6. The van der Waals surface area contributed by atoms with Gasteiger partial charge in [0.05, 0.1) is 18.3 Å². The van der Waals surface area contributed by atoms with Crippen LogP contribution in [-0.2, 0) is 22.3 Å². The van der Waals surface area contributed by atoms with Gasteiger partial charge in [-0.3, -0.25) is 4.90 Å². The van der Waals surface area contributed by atoms with Gasteiger partial charge in [0.25, 0.3) is 0 Å². The lowest BCUT2D eigenvalue weighted by molar-refractivity contribution is -0.272. The first-order chi connectivity index (χ1) is 19.1. The molecule has 1 aromatic carbocycles. The van der Waals surface area contributed by atoms with Gasteiger partial charge in [-0.05, 0) is 103 Å². The van der Waals surface area contributed by atoms with Crippen molar-refractivity contribution in [2.45, 2.75) is 110 Å². The van der Waals surface area contributed by atoms with Crippen LogP contribution in [0.3, 0.4) is 0 Å². The molecule has 3 aliphatic rings. The first-order valence-electron chi connectivity index (χ1n) is 14.8. The molecule has 1 aromatic rings. The summed E-state index contributed by atoms with van der Waals surface area (Å²) < 4.78 is 18.1. The number of carbonyl (C=O) groups is 1. The molecule has 8 heteroatoms. The number of allylic oxidation sites excluding steroid dienone is 4. The summed E-state index contributed by atoms with van der Waals surface area (Å²) in [7, 11) is 0. The minimum Gasteiger partial charge on any atom is -0.462 e. The topological polar surface area (TPSA) is 109 Å². The van der Waals surface area contributed by atoms with Crippen molar-refractivity contribution in [2.75, 3.05) is 19.7 Å². The van der Waals surface area contributed by atoms with Crippen molar-refractivity contribution < 1.29 is 34.3 Å².